The molecular weight excluding hydrogens is 404 g/mol. The minimum atomic E-state index is 0. The number of rotatable bonds is 4. The molecule has 4 nitrogen and oxygen atoms in total. The molecule has 0 aromatic carbocycles. The van der Waals surface area contributed by atoms with Crippen LogP contribution in [0.15, 0.2) is 0 Å². The molecule has 0 radical (unpaired) electrons. The third-order valence-corrected chi connectivity index (χ3v) is 8.68. The van der Waals surface area contributed by atoms with Crippen LogP contribution in [0.2, 0.25) is 0 Å². The van der Waals surface area contributed by atoms with Crippen molar-refractivity contribution in [1.82, 2.24) is 19.6 Å². The number of hydrogen-bond donors (Lipinski definition) is 0. The van der Waals surface area contributed by atoms with Crippen molar-refractivity contribution in [2.45, 2.75) is 113 Å². The van der Waals surface area contributed by atoms with Crippen LogP contribution in [0.5, 0.6) is 0 Å². The molecule has 0 saturated carbocycles. The summed E-state index contributed by atoms with van der Waals surface area (Å²) < 4.78 is 0. The predicted octanol–water partition coefficient (Wildman–Crippen LogP) is 5.53. The van der Waals surface area contributed by atoms with Crippen LogP contribution < -0.4 is 0 Å². The summed E-state index contributed by atoms with van der Waals surface area (Å²) in [6.45, 7) is 29.5. The van der Waals surface area contributed by atoms with Gasteiger partial charge in [0.1, 0.15) is 0 Å². The van der Waals surface area contributed by atoms with Gasteiger partial charge in [-0.05, 0) is 77.0 Å². The van der Waals surface area contributed by atoms with E-state index in [1.165, 1.54) is 78.0 Å². The molecule has 0 aliphatic carbocycles. The van der Waals surface area contributed by atoms with Crippen LogP contribution in [-0.2, 0) is 0 Å². The molecule has 0 amide bonds. The van der Waals surface area contributed by atoms with Crippen LogP contribution in [0.1, 0.15) is 88.5 Å². The Morgan fingerprint density at radius 2 is 0.818 bits per heavy atom. The van der Waals surface area contributed by atoms with Gasteiger partial charge in [-0.25, -0.2) is 0 Å². The fraction of sp³-hybridized carbons (Fsp3) is 1.00. The van der Waals surface area contributed by atoms with Gasteiger partial charge in [0.15, 0.2) is 0 Å². The quantitative estimate of drug-likeness (QED) is 0.542. The van der Waals surface area contributed by atoms with Gasteiger partial charge in [-0.1, -0.05) is 35.1 Å². The fourth-order valence-electron chi connectivity index (χ4n) is 7.09. The van der Waals surface area contributed by atoms with E-state index in [4.69, 9.17) is 0 Å². The van der Waals surface area contributed by atoms with Crippen molar-refractivity contribution in [3.63, 3.8) is 0 Å². The first-order valence-electron chi connectivity index (χ1n) is 14.1. The van der Waals surface area contributed by atoms with Crippen LogP contribution in [0.25, 0.3) is 0 Å². The minimum Gasteiger partial charge on any atom is -0.299 e. The lowest BCUT2D eigenvalue weighted by Gasteiger charge is -2.39. The van der Waals surface area contributed by atoms with E-state index < -0.39 is 0 Å². The molecule has 0 aromatic heterocycles. The third kappa shape index (κ3) is 8.47. The molecule has 0 aromatic rings. The first-order chi connectivity index (χ1) is 15.1. The van der Waals surface area contributed by atoms with Gasteiger partial charge in [-0.2, -0.15) is 0 Å². The highest BCUT2D eigenvalue weighted by molar-refractivity contribution is 4.89. The molecular formula is C29H60N4. The maximum absolute atomic E-state index is 2.77. The molecule has 6 unspecified atom stereocenters. The van der Waals surface area contributed by atoms with Crippen molar-refractivity contribution in [3.8, 4) is 0 Å². The van der Waals surface area contributed by atoms with Gasteiger partial charge >= 0.3 is 0 Å². The van der Waals surface area contributed by atoms with E-state index in [1.807, 2.05) is 0 Å². The largest absolute Gasteiger partial charge is 0.299 e. The van der Waals surface area contributed by atoms with Gasteiger partial charge in [-0.3, -0.25) is 19.6 Å². The van der Waals surface area contributed by atoms with Gasteiger partial charge in [0.25, 0.3) is 0 Å². The van der Waals surface area contributed by atoms with Crippen LogP contribution in [0.3, 0.4) is 0 Å². The average Bonchev–Trinajstić information content (AvgIpc) is 3.37. The smallest absolute Gasteiger partial charge is 0.0235 e. The van der Waals surface area contributed by atoms with Crippen molar-refractivity contribution in [1.29, 1.82) is 0 Å². The molecule has 4 heteroatoms. The standard InChI is InChI=1S/2C14H28N2.CH4/c2*1-11(2)15-6-5-14(10-15)16-8-12(3)7-13(4)9-16;/h2*11-14H,5-10H2,1-4H3;1H4. The molecule has 4 heterocycles. The Hall–Kier alpha value is -0.160. The zero-order chi connectivity index (χ0) is 23.4. The Morgan fingerprint density at radius 3 is 1.06 bits per heavy atom. The van der Waals surface area contributed by atoms with Crippen LogP contribution in [-0.4, -0.2) is 96.1 Å². The van der Waals surface area contributed by atoms with E-state index in [0.29, 0.717) is 0 Å². The lowest BCUT2D eigenvalue weighted by Crippen LogP contribution is -2.46. The highest BCUT2D eigenvalue weighted by Crippen LogP contribution is 2.28. The van der Waals surface area contributed by atoms with Gasteiger partial charge < -0.3 is 0 Å². The minimum absolute atomic E-state index is 0. The van der Waals surface area contributed by atoms with Gasteiger partial charge in [-0.15, -0.1) is 0 Å². The van der Waals surface area contributed by atoms with Crippen molar-refractivity contribution < 1.29 is 0 Å². The first-order valence-corrected chi connectivity index (χ1v) is 14.1. The Balaban J connectivity index is 0.000000227. The number of piperidine rings is 2. The van der Waals surface area contributed by atoms with E-state index in [0.717, 1.165) is 47.8 Å². The van der Waals surface area contributed by atoms with Gasteiger partial charge in [0.05, 0.1) is 0 Å². The van der Waals surface area contributed by atoms with Gasteiger partial charge in [0, 0.05) is 76.5 Å². The number of likely N-dealkylation sites (tertiary alicyclic amines) is 4. The molecule has 0 spiro atoms. The van der Waals surface area contributed by atoms with Crippen molar-refractivity contribution in [2.75, 3.05) is 52.4 Å². The molecule has 4 aliphatic rings. The van der Waals surface area contributed by atoms with E-state index in [2.05, 4.69) is 75.0 Å². The monoisotopic (exact) mass is 464 g/mol. The zero-order valence-corrected chi connectivity index (χ0v) is 22.9. The highest BCUT2D eigenvalue weighted by atomic mass is 15.3. The topological polar surface area (TPSA) is 13.0 Å². The molecule has 33 heavy (non-hydrogen) atoms. The van der Waals surface area contributed by atoms with E-state index in [-0.39, 0.29) is 7.43 Å². The molecule has 0 N–H and O–H groups in total. The second kappa shape index (κ2) is 13.2. The summed E-state index contributed by atoms with van der Waals surface area (Å²) in [4.78, 5) is 10.8. The Bertz CT molecular complexity index is 482. The van der Waals surface area contributed by atoms with Crippen LogP contribution >= 0.6 is 0 Å². The van der Waals surface area contributed by atoms with E-state index in [9.17, 15) is 0 Å². The summed E-state index contributed by atoms with van der Waals surface area (Å²) >= 11 is 0. The summed E-state index contributed by atoms with van der Waals surface area (Å²) in [5, 5.41) is 0. The summed E-state index contributed by atoms with van der Waals surface area (Å²) in [5.74, 6) is 3.60. The molecule has 0 bridgehead atoms. The Morgan fingerprint density at radius 1 is 0.515 bits per heavy atom. The van der Waals surface area contributed by atoms with Gasteiger partial charge in [0.2, 0.25) is 0 Å². The van der Waals surface area contributed by atoms with Crippen molar-refractivity contribution in [3.05, 3.63) is 0 Å². The number of nitrogens with zero attached hydrogens (tertiary/aromatic N) is 4. The molecule has 4 saturated heterocycles. The van der Waals surface area contributed by atoms with E-state index >= 15 is 0 Å². The highest BCUT2D eigenvalue weighted by Gasteiger charge is 2.33. The van der Waals surface area contributed by atoms with Crippen molar-refractivity contribution >= 4 is 0 Å². The summed E-state index contributed by atoms with van der Waals surface area (Å²) in [6, 6.07) is 3.13. The number of hydrogen-bond acceptors (Lipinski definition) is 4. The third-order valence-electron chi connectivity index (χ3n) is 8.68. The normalized spacial score (nSPS) is 37.3. The second-order valence-electron chi connectivity index (χ2n) is 12.9. The summed E-state index contributed by atoms with van der Waals surface area (Å²) in [7, 11) is 0. The lowest BCUT2D eigenvalue weighted by molar-refractivity contribution is 0.0952. The van der Waals surface area contributed by atoms with Crippen molar-refractivity contribution in [2.24, 2.45) is 23.7 Å². The maximum atomic E-state index is 2.77. The van der Waals surface area contributed by atoms with E-state index in [1.54, 1.807) is 0 Å². The zero-order valence-electron chi connectivity index (χ0n) is 22.9. The molecule has 4 aliphatic heterocycles. The molecule has 4 fully saturated rings. The Labute approximate surface area is 208 Å². The second-order valence-corrected chi connectivity index (χ2v) is 12.9. The summed E-state index contributed by atoms with van der Waals surface area (Å²) in [6.07, 6.45) is 5.63. The molecule has 4 rings (SSSR count). The maximum Gasteiger partial charge on any atom is 0.0235 e. The lowest BCUT2D eigenvalue weighted by atomic mass is 9.91. The molecule has 6 atom stereocenters. The predicted molar refractivity (Wildman–Crippen MR) is 146 cm³/mol. The average molecular weight is 465 g/mol. The Kier molecular flexibility index (Phi) is 11.7. The molecule has 196 valence electrons. The summed E-state index contributed by atoms with van der Waals surface area (Å²) in [5.41, 5.74) is 0. The SMILES string of the molecule is C.CC1CC(C)CN(C2CCN(C(C)C)C2)C1.CC1CC(C)CN(C2CCN(C(C)C)C2)C1. The van der Waals surface area contributed by atoms with Crippen LogP contribution in [0, 0.1) is 23.7 Å². The fourth-order valence-corrected chi connectivity index (χ4v) is 7.09. The first kappa shape index (κ1) is 29.1. The van der Waals surface area contributed by atoms with Crippen LogP contribution in [0.4, 0.5) is 0 Å².